The van der Waals surface area contributed by atoms with Crippen molar-refractivity contribution in [2.75, 3.05) is 7.05 Å². The third kappa shape index (κ3) is 3.88. The number of hydrogen-bond donors (Lipinski definition) is 2. The Hall–Kier alpha value is -1.21. The first kappa shape index (κ1) is 14.2. The zero-order valence-corrected chi connectivity index (χ0v) is 11.9. The minimum atomic E-state index is -1.40. The van der Waals surface area contributed by atoms with Crippen molar-refractivity contribution in [1.82, 2.24) is 9.88 Å². The number of thiazole rings is 1. The van der Waals surface area contributed by atoms with E-state index in [0.717, 1.165) is 24.3 Å². The molecule has 0 saturated heterocycles. The van der Waals surface area contributed by atoms with E-state index in [1.54, 1.807) is 23.5 Å². The predicted molar refractivity (Wildman–Crippen MR) is 78.3 cm³/mol. The monoisotopic (exact) mass is 276 g/mol. The molecule has 1 heterocycles. The topological polar surface area (TPSA) is 56.6 Å². The highest BCUT2D eigenvalue weighted by atomic mass is 32.1. The van der Waals surface area contributed by atoms with Crippen LogP contribution in [0.25, 0.3) is 0 Å². The van der Waals surface area contributed by atoms with Gasteiger partial charge in [-0.3, -0.25) is 4.90 Å². The second-order valence-electron chi connectivity index (χ2n) is 4.65. The smallest absolute Gasteiger partial charge is 0.423 e. The molecule has 0 amide bonds. The number of benzene rings is 1. The summed E-state index contributed by atoms with van der Waals surface area (Å²) in [6.45, 7) is 3.72. The Labute approximate surface area is 117 Å². The molecule has 6 heteroatoms. The molecule has 19 heavy (non-hydrogen) atoms. The van der Waals surface area contributed by atoms with Crippen molar-refractivity contribution in [3.05, 3.63) is 45.9 Å². The summed E-state index contributed by atoms with van der Waals surface area (Å²) in [5.74, 6) is 0. The fourth-order valence-corrected chi connectivity index (χ4v) is 2.74. The summed E-state index contributed by atoms with van der Waals surface area (Å²) in [6, 6.07) is 7.33. The molecule has 0 saturated carbocycles. The van der Waals surface area contributed by atoms with Crippen LogP contribution in [0.4, 0.5) is 0 Å². The van der Waals surface area contributed by atoms with E-state index in [1.165, 1.54) is 4.88 Å². The highest BCUT2D eigenvalue weighted by molar-refractivity contribution is 7.09. The highest BCUT2D eigenvalue weighted by Crippen LogP contribution is 2.15. The SMILES string of the molecule is Cc1ncsc1CN(C)Cc1ccc(B(O)O)cc1. The van der Waals surface area contributed by atoms with E-state index < -0.39 is 7.12 Å². The van der Waals surface area contributed by atoms with Gasteiger partial charge in [-0.05, 0) is 25.0 Å². The lowest BCUT2D eigenvalue weighted by molar-refractivity contribution is 0.321. The maximum absolute atomic E-state index is 9.04. The molecule has 0 atom stereocenters. The molecule has 0 aliphatic rings. The molecule has 2 rings (SSSR count). The normalized spacial score (nSPS) is 11.0. The average molecular weight is 276 g/mol. The maximum Gasteiger partial charge on any atom is 0.488 e. The van der Waals surface area contributed by atoms with E-state index in [1.807, 2.05) is 24.6 Å². The number of nitrogens with zero attached hydrogens (tertiary/aromatic N) is 2. The Kier molecular flexibility index (Phi) is 4.71. The van der Waals surface area contributed by atoms with Crippen LogP contribution in [-0.2, 0) is 13.1 Å². The van der Waals surface area contributed by atoms with Crippen molar-refractivity contribution in [3.8, 4) is 0 Å². The third-order valence-electron chi connectivity index (χ3n) is 2.99. The quantitative estimate of drug-likeness (QED) is 0.792. The van der Waals surface area contributed by atoms with E-state index in [-0.39, 0.29) is 0 Å². The van der Waals surface area contributed by atoms with Crippen LogP contribution in [0.2, 0.25) is 0 Å². The first-order valence-corrected chi connectivity index (χ1v) is 6.96. The molecule has 0 aliphatic heterocycles. The average Bonchev–Trinajstić information content (AvgIpc) is 2.75. The van der Waals surface area contributed by atoms with Gasteiger partial charge >= 0.3 is 7.12 Å². The Morgan fingerprint density at radius 1 is 1.21 bits per heavy atom. The second kappa shape index (κ2) is 6.30. The van der Waals surface area contributed by atoms with Gasteiger partial charge in [-0.25, -0.2) is 4.98 Å². The molecule has 0 aliphatic carbocycles. The number of hydrogen-bond acceptors (Lipinski definition) is 5. The van der Waals surface area contributed by atoms with E-state index in [2.05, 4.69) is 16.9 Å². The lowest BCUT2D eigenvalue weighted by Gasteiger charge is -2.16. The van der Waals surface area contributed by atoms with Gasteiger partial charge in [0.2, 0.25) is 0 Å². The zero-order chi connectivity index (χ0) is 13.8. The maximum atomic E-state index is 9.04. The van der Waals surface area contributed by atoms with Crippen molar-refractivity contribution >= 4 is 23.9 Å². The van der Waals surface area contributed by atoms with Crippen LogP contribution in [0.5, 0.6) is 0 Å². The van der Waals surface area contributed by atoms with E-state index in [4.69, 9.17) is 10.0 Å². The summed E-state index contributed by atoms with van der Waals surface area (Å²) in [7, 11) is 0.667. The highest BCUT2D eigenvalue weighted by Gasteiger charge is 2.10. The number of aryl methyl sites for hydroxylation is 1. The van der Waals surface area contributed by atoms with Crippen LogP contribution < -0.4 is 5.46 Å². The summed E-state index contributed by atoms with van der Waals surface area (Å²) in [5, 5.41) is 18.1. The molecule has 2 N–H and O–H groups in total. The number of aromatic nitrogens is 1. The molecule has 0 bridgehead atoms. The third-order valence-corrected chi connectivity index (χ3v) is 3.91. The first-order valence-electron chi connectivity index (χ1n) is 6.08. The fraction of sp³-hybridized carbons (Fsp3) is 0.308. The summed E-state index contributed by atoms with van der Waals surface area (Å²) in [4.78, 5) is 7.74. The van der Waals surface area contributed by atoms with E-state index in [9.17, 15) is 0 Å². The van der Waals surface area contributed by atoms with Gasteiger partial charge in [-0.2, -0.15) is 0 Å². The van der Waals surface area contributed by atoms with Crippen molar-refractivity contribution in [1.29, 1.82) is 0 Å². The summed E-state index contributed by atoms with van der Waals surface area (Å²) < 4.78 is 0. The molecule has 0 fully saturated rings. The van der Waals surface area contributed by atoms with Crippen LogP contribution in [0.15, 0.2) is 29.8 Å². The van der Waals surface area contributed by atoms with Gasteiger partial charge in [0, 0.05) is 18.0 Å². The van der Waals surface area contributed by atoms with Gasteiger partial charge in [0.25, 0.3) is 0 Å². The molecular formula is C13H17BN2O2S. The Bertz CT molecular complexity index is 528. The van der Waals surface area contributed by atoms with Crippen LogP contribution in [-0.4, -0.2) is 34.1 Å². The largest absolute Gasteiger partial charge is 0.488 e. The van der Waals surface area contributed by atoms with Gasteiger partial charge in [0.05, 0.1) is 11.2 Å². The van der Waals surface area contributed by atoms with E-state index >= 15 is 0 Å². The molecule has 100 valence electrons. The predicted octanol–water partition coefficient (Wildman–Crippen LogP) is 0.763. The van der Waals surface area contributed by atoms with Crippen LogP contribution in [0.1, 0.15) is 16.1 Å². The zero-order valence-electron chi connectivity index (χ0n) is 11.1. The molecule has 0 radical (unpaired) electrons. The summed E-state index contributed by atoms with van der Waals surface area (Å²) >= 11 is 1.68. The van der Waals surface area contributed by atoms with Gasteiger partial charge in [0.1, 0.15) is 0 Å². The van der Waals surface area contributed by atoms with Crippen molar-refractivity contribution in [2.45, 2.75) is 20.0 Å². The van der Waals surface area contributed by atoms with Gasteiger partial charge in [-0.1, -0.05) is 24.3 Å². The molecule has 0 spiro atoms. The van der Waals surface area contributed by atoms with Crippen molar-refractivity contribution < 1.29 is 10.0 Å². The van der Waals surface area contributed by atoms with Crippen LogP contribution in [0.3, 0.4) is 0 Å². The summed E-state index contributed by atoms with van der Waals surface area (Å²) in [6.07, 6.45) is 0. The Balaban J connectivity index is 1.95. The van der Waals surface area contributed by atoms with Crippen LogP contribution in [0, 0.1) is 6.92 Å². The fourth-order valence-electron chi connectivity index (χ4n) is 1.89. The number of rotatable bonds is 5. The molecule has 2 aromatic rings. The first-order chi connectivity index (χ1) is 9.06. The van der Waals surface area contributed by atoms with E-state index in [0.29, 0.717) is 5.46 Å². The summed E-state index contributed by atoms with van der Waals surface area (Å²) in [5.41, 5.74) is 4.63. The van der Waals surface area contributed by atoms with Crippen molar-refractivity contribution in [3.63, 3.8) is 0 Å². The standard InChI is InChI=1S/C13H17BN2O2S/c1-10-13(19-9-15-10)8-16(2)7-11-3-5-12(6-4-11)14(17)18/h3-6,9,17-18H,7-8H2,1-2H3. The Morgan fingerprint density at radius 3 is 2.42 bits per heavy atom. The minimum absolute atomic E-state index is 0.518. The Morgan fingerprint density at radius 2 is 1.89 bits per heavy atom. The lowest BCUT2D eigenvalue weighted by atomic mass is 9.80. The molecular weight excluding hydrogens is 259 g/mol. The van der Waals surface area contributed by atoms with Crippen LogP contribution >= 0.6 is 11.3 Å². The van der Waals surface area contributed by atoms with Gasteiger partial charge in [0.15, 0.2) is 0 Å². The molecule has 4 nitrogen and oxygen atoms in total. The van der Waals surface area contributed by atoms with Crippen molar-refractivity contribution in [2.24, 2.45) is 0 Å². The van der Waals surface area contributed by atoms with Gasteiger partial charge < -0.3 is 10.0 Å². The van der Waals surface area contributed by atoms with Gasteiger partial charge in [-0.15, -0.1) is 11.3 Å². The molecule has 0 unspecified atom stereocenters. The minimum Gasteiger partial charge on any atom is -0.423 e. The molecule has 1 aromatic carbocycles. The lowest BCUT2D eigenvalue weighted by Crippen LogP contribution is -2.29. The molecule has 1 aromatic heterocycles. The second-order valence-corrected chi connectivity index (χ2v) is 5.59.